The van der Waals surface area contributed by atoms with Gasteiger partial charge < -0.3 is 25.7 Å². The largest absolute Gasteiger partial charge is 0.394 e. The number of aliphatic hydroxyl groups excluding tert-OH is 2. The topological polar surface area (TPSA) is 110 Å². The lowest BCUT2D eigenvalue weighted by Gasteiger charge is -2.32. The summed E-state index contributed by atoms with van der Waals surface area (Å²) in [5.41, 5.74) is 2.92. The molecule has 0 spiro atoms. The van der Waals surface area contributed by atoms with Crippen LogP contribution in [0.15, 0.2) is 24.5 Å². The Morgan fingerprint density at radius 3 is 2.50 bits per heavy atom. The summed E-state index contributed by atoms with van der Waals surface area (Å²) >= 11 is 0. The van der Waals surface area contributed by atoms with Gasteiger partial charge >= 0.3 is 0 Å². The van der Waals surface area contributed by atoms with Crippen LogP contribution in [0.4, 0.5) is 11.8 Å². The van der Waals surface area contributed by atoms with Gasteiger partial charge in [-0.05, 0) is 50.8 Å². The molecule has 9 nitrogen and oxygen atoms in total. The number of hydrogen-bond acceptors (Lipinski definition) is 9. The molecule has 4 N–H and O–H groups in total. The molecule has 2 aliphatic rings. The standard InChI is InChI=1S/C27H43N7O2/c1-3-4-5-22(19-35)31-27-29-17-24(26(32-27)30-21-7-9-23(36)10-8-21)25-11-6-20(16-28-25)18-34-14-12-33(2)13-15-34/h6,11,16-17,21-23,35-36H,3-5,7-10,12-15,18-19H2,1-2H3,(H2,29,30,31,32)/t21-,22-,23-/m1/s1. The fourth-order valence-electron chi connectivity index (χ4n) is 4.95. The first-order chi connectivity index (χ1) is 17.5. The van der Waals surface area contributed by atoms with E-state index in [1.165, 1.54) is 5.56 Å². The number of piperazine rings is 1. The molecule has 1 aliphatic heterocycles. The highest BCUT2D eigenvalue weighted by Crippen LogP contribution is 2.29. The first kappa shape index (κ1) is 26.7. The third kappa shape index (κ3) is 7.59. The summed E-state index contributed by atoms with van der Waals surface area (Å²) < 4.78 is 0. The van der Waals surface area contributed by atoms with Crippen LogP contribution in [0.5, 0.6) is 0 Å². The Hall–Kier alpha value is -2.33. The van der Waals surface area contributed by atoms with Crippen molar-refractivity contribution in [1.82, 2.24) is 24.8 Å². The SMILES string of the molecule is CCCC[C@H](CO)Nc1ncc(-c2ccc(CN3CCN(C)CC3)cn2)c(N[C@H]2CC[C@H](O)CC2)n1. The van der Waals surface area contributed by atoms with Crippen molar-refractivity contribution in [1.29, 1.82) is 0 Å². The van der Waals surface area contributed by atoms with Gasteiger partial charge in [0.1, 0.15) is 5.82 Å². The molecule has 0 unspecified atom stereocenters. The maximum Gasteiger partial charge on any atom is 0.224 e. The molecule has 1 saturated heterocycles. The highest BCUT2D eigenvalue weighted by Gasteiger charge is 2.22. The van der Waals surface area contributed by atoms with Gasteiger partial charge in [-0.15, -0.1) is 0 Å². The normalized spacial score (nSPS) is 22.3. The molecule has 2 aromatic rings. The van der Waals surface area contributed by atoms with E-state index in [1.54, 1.807) is 0 Å². The molecule has 0 bridgehead atoms. The van der Waals surface area contributed by atoms with Crippen molar-refractivity contribution in [2.75, 3.05) is 50.5 Å². The molecule has 2 fully saturated rings. The summed E-state index contributed by atoms with van der Waals surface area (Å²) in [6.07, 6.45) is 9.98. The second kappa shape index (κ2) is 13.3. The minimum Gasteiger partial charge on any atom is -0.394 e. The zero-order valence-electron chi connectivity index (χ0n) is 21.9. The fraction of sp³-hybridized carbons (Fsp3) is 0.667. The maximum atomic E-state index is 9.92. The molecular formula is C27H43N7O2. The van der Waals surface area contributed by atoms with E-state index >= 15 is 0 Å². The summed E-state index contributed by atoms with van der Waals surface area (Å²) in [6.45, 7) is 7.47. The average Bonchev–Trinajstić information content (AvgIpc) is 2.90. The summed E-state index contributed by atoms with van der Waals surface area (Å²) in [6, 6.07) is 4.39. The van der Waals surface area contributed by atoms with Crippen molar-refractivity contribution < 1.29 is 10.2 Å². The third-order valence-corrected chi connectivity index (χ3v) is 7.39. The van der Waals surface area contributed by atoms with Crippen LogP contribution in [0.1, 0.15) is 57.4 Å². The van der Waals surface area contributed by atoms with Crippen LogP contribution in [0.2, 0.25) is 0 Å². The van der Waals surface area contributed by atoms with Gasteiger partial charge in [0.05, 0.1) is 30.0 Å². The zero-order valence-corrected chi connectivity index (χ0v) is 21.9. The van der Waals surface area contributed by atoms with Crippen molar-refractivity contribution in [2.24, 2.45) is 0 Å². The molecule has 1 aliphatic carbocycles. The lowest BCUT2D eigenvalue weighted by molar-refractivity contribution is 0.126. The summed E-state index contributed by atoms with van der Waals surface area (Å²) in [5, 5.41) is 26.6. The Kier molecular flexibility index (Phi) is 9.86. The van der Waals surface area contributed by atoms with Crippen LogP contribution in [-0.4, -0.2) is 93.0 Å². The number of aromatic nitrogens is 3. The number of nitrogens with zero attached hydrogens (tertiary/aromatic N) is 5. The van der Waals surface area contributed by atoms with Crippen molar-refractivity contribution in [2.45, 2.75) is 76.6 Å². The molecule has 0 amide bonds. The van der Waals surface area contributed by atoms with Crippen LogP contribution in [0.3, 0.4) is 0 Å². The number of hydrogen-bond donors (Lipinski definition) is 4. The first-order valence-electron chi connectivity index (χ1n) is 13.6. The van der Waals surface area contributed by atoms with Gasteiger partial charge in [-0.2, -0.15) is 4.98 Å². The molecule has 4 rings (SSSR count). The monoisotopic (exact) mass is 497 g/mol. The van der Waals surface area contributed by atoms with Gasteiger partial charge in [-0.3, -0.25) is 9.88 Å². The molecule has 1 atom stereocenters. The number of anilines is 2. The van der Waals surface area contributed by atoms with Gasteiger partial charge in [-0.1, -0.05) is 25.8 Å². The van der Waals surface area contributed by atoms with Crippen molar-refractivity contribution >= 4 is 11.8 Å². The molecular weight excluding hydrogens is 454 g/mol. The predicted octanol–water partition coefficient (Wildman–Crippen LogP) is 2.96. The second-order valence-electron chi connectivity index (χ2n) is 10.4. The first-order valence-corrected chi connectivity index (χ1v) is 13.6. The number of pyridine rings is 1. The van der Waals surface area contributed by atoms with E-state index in [0.717, 1.165) is 94.7 Å². The molecule has 0 aromatic carbocycles. The van der Waals surface area contributed by atoms with E-state index in [2.05, 4.69) is 51.5 Å². The van der Waals surface area contributed by atoms with Gasteiger partial charge in [0.15, 0.2) is 0 Å². The Bertz CT molecular complexity index is 926. The molecule has 36 heavy (non-hydrogen) atoms. The van der Waals surface area contributed by atoms with Crippen molar-refractivity contribution in [3.05, 3.63) is 30.1 Å². The van der Waals surface area contributed by atoms with Gasteiger partial charge in [-0.25, -0.2) is 4.98 Å². The molecule has 0 radical (unpaired) electrons. The van der Waals surface area contributed by atoms with Crippen LogP contribution in [0, 0.1) is 0 Å². The van der Waals surface area contributed by atoms with Crippen LogP contribution in [0.25, 0.3) is 11.3 Å². The van der Waals surface area contributed by atoms with E-state index in [4.69, 9.17) is 9.97 Å². The highest BCUT2D eigenvalue weighted by atomic mass is 16.3. The highest BCUT2D eigenvalue weighted by molar-refractivity contribution is 5.73. The second-order valence-corrected chi connectivity index (χ2v) is 10.4. The number of nitrogens with one attached hydrogen (secondary N) is 2. The maximum absolute atomic E-state index is 9.92. The zero-order chi connectivity index (χ0) is 25.3. The molecule has 198 valence electrons. The minimum absolute atomic E-state index is 0.0463. The van der Waals surface area contributed by atoms with E-state index in [0.29, 0.717) is 5.95 Å². The molecule has 9 heteroatoms. The average molecular weight is 498 g/mol. The lowest BCUT2D eigenvalue weighted by Crippen LogP contribution is -2.43. The number of unbranched alkanes of at least 4 members (excludes halogenated alkanes) is 1. The van der Waals surface area contributed by atoms with E-state index < -0.39 is 0 Å². The van der Waals surface area contributed by atoms with E-state index in [9.17, 15) is 10.2 Å². The smallest absolute Gasteiger partial charge is 0.224 e. The predicted molar refractivity (Wildman–Crippen MR) is 144 cm³/mol. The lowest BCUT2D eigenvalue weighted by atomic mass is 9.93. The summed E-state index contributed by atoms with van der Waals surface area (Å²) in [4.78, 5) is 19.0. The van der Waals surface area contributed by atoms with Crippen LogP contribution in [-0.2, 0) is 6.54 Å². The van der Waals surface area contributed by atoms with Gasteiger partial charge in [0.25, 0.3) is 0 Å². The van der Waals surface area contributed by atoms with Crippen LogP contribution >= 0.6 is 0 Å². The van der Waals surface area contributed by atoms with Crippen molar-refractivity contribution in [3.8, 4) is 11.3 Å². The number of aliphatic hydroxyl groups is 2. The molecule has 2 aromatic heterocycles. The fourth-order valence-corrected chi connectivity index (χ4v) is 4.95. The quantitative estimate of drug-likeness (QED) is 0.372. The Morgan fingerprint density at radius 1 is 1.06 bits per heavy atom. The Morgan fingerprint density at radius 2 is 1.83 bits per heavy atom. The van der Waals surface area contributed by atoms with E-state index in [-0.39, 0.29) is 24.8 Å². The number of rotatable bonds is 11. The van der Waals surface area contributed by atoms with Gasteiger partial charge in [0, 0.05) is 51.2 Å². The number of likely N-dealkylation sites (N-methyl/N-ethyl adjacent to an activating group) is 1. The Balaban J connectivity index is 1.50. The molecule has 3 heterocycles. The van der Waals surface area contributed by atoms with E-state index in [1.807, 2.05) is 12.4 Å². The van der Waals surface area contributed by atoms with Crippen molar-refractivity contribution in [3.63, 3.8) is 0 Å². The minimum atomic E-state index is -0.205. The third-order valence-electron chi connectivity index (χ3n) is 7.39. The van der Waals surface area contributed by atoms with Crippen LogP contribution < -0.4 is 10.6 Å². The van der Waals surface area contributed by atoms with Gasteiger partial charge in [0.2, 0.25) is 5.95 Å². The summed E-state index contributed by atoms with van der Waals surface area (Å²) in [7, 11) is 2.17. The molecule has 1 saturated carbocycles. The summed E-state index contributed by atoms with van der Waals surface area (Å²) in [5.74, 6) is 1.26. The Labute approximate surface area is 215 Å².